The first-order valence-electron chi connectivity index (χ1n) is 6.13. The number of hydrogen-bond donors (Lipinski definition) is 1. The smallest absolute Gasteiger partial charge is 0.128 e. The quantitative estimate of drug-likeness (QED) is 0.814. The van der Waals surface area contributed by atoms with E-state index in [1.54, 1.807) is 0 Å². The lowest BCUT2D eigenvalue weighted by Gasteiger charge is -2.39. The van der Waals surface area contributed by atoms with Crippen LogP contribution in [-0.4, -0.2) is 18.1 Å². The molecule has 2 nitrogen and oxygen atoms in total. The highest BCUT2D eigenvalue weighted by atomic mass is 19.1. The third-order valence-electron chi connectivity index (χ3n) is 3.92. The molecule has 0 aromatic heterocycles. The maximum absolute atomic E-state index is 13.2. The number of nitrogens with two attached hydrogens (primary N) is 1. The van der Waals surface area contributed by atoms with Crippen molar-refractivity contribution >= 4 is 5.69 Å². The first-order chi connectivity index (χ1) is 8.13. The molecule has 0 amide bonds. The second kappa shape index (κ2) is 3.95. The molecule has 2 heterocycles. The fraction of sp³-hybridized carbons (Fsp3) is 0.538. The van der Waals surface area contributed by atoms with Crippen molar-refractivity contribution in [1.82, 2.24) is 0 Å². The molecule has 1 aromatic rings. The number of nitrogens with zero attached hydrogens (tertiary/aromatic N) is 1. The Hall–Kier alpha value is -1.16. The van der Waals surface area contributed by atoms with Crippen molar-refractivity contribution < 1.29 is 8.78 Å². The van der Waals surface area contributed by atoms with Crippen LogP contribution in [0.15, 0.2) is 18.2 Å². The summed E-state index contributed by atoms with van der Waals surface area (Å²) >= 11 is 0. The van der Waals surface area contributed by atoms with Crippen LogP contribution in [0.2, 0.25) is 0 Å². The highest BCUT2D eigenvalue weighted by molar-refractivity contribution is 5.51. The topological polar surface area (TPSA) is 29.3 Å². The van der Waals surface area contributed by atoms with Gasteiger partial charge in [-0.3, -0.25) is 0 Å². The number of piperidine rings is 1. The third kappa shape index (κ3) is 1.90. The van der Waals surface area contributed by atoms with Crippen molar-refractivity contribution in [2.45, 2.75) is 43.8 Å². The van der Waals surface area contributed by atoms with Crippen LogP contribution in [-0.2, 0) is 0 Å². The molecule has 2 aliphatic heterocycles. The zero-order chi connectivity index (χ0) is 12.0. The van der Waals surface area contributed by atoms with Crippen LogP contribution in [0.4, 0.5) is 14.5 Å². The van der Waals surface area contributed by atoms with Crippen LogP contribution >= 0.6 is 0 Å². The van der Waals surface area contributed by atoms with Gasteiger partial charge in [0.05, 0.1) is 0 Å². The van der Waals surface area contributed by atoms with Crippen LogP contribution in [0.5, 0.6) is 0 Å². The molecule has 0 spiro atoms. The SMILES string of the molecule is NC1CC2CCC(C1)N2c1cc(F)cc(F)c1. The predicted molar refractivity (Wildman–Crippen MR) is 62.9 cm³/mol. The van der Waals surface area contributed by atoms with E-state index in [9.17, 15) is 8.78 Å². The molecule has 0 aliphatic carbocycles. The van der Waals surface area contributed by atoms with Gasteiger partial charge >= 0.3 is 0 Å². The number of rotatable bonds is 1. The summed E-state index contributed by atoms with van der Waals surface area (Å²) < 4.78 is 26.5. The lowest BCUT2D eigenvalue weighted by molar-refractivity contribution is 0.413. The van der Waals surface area contributed by atoms with Crippen molar-refractivity contribution in [3.8, 4) is 0 Å². The van der Waals surface area contributed by atoms with Gasteiger partial charge in [0, 0.05) is 29.9 Å². The van der Waals surface area contributed by atoms with Gasteiger partial charge in [-0.1, -0.05) is 0 Å². The van der Waals surface area contributed by atoms with E-state index in [1.807, 2.05) is 0 Å². The molecule has 2 saturated heterocycles. The summed E-state index contributed by atoms with van der Waals surface area (Å²) in [7, 11) is 0. The lowest BCUT2D eigenvalue weighted by atomic mass is 9.97. The van der Waals surface area contributed by atoms with Crippen molar-refractivity contribution in [1.29, 1.82) is 0 Å². The van der Waals surface area contributed by atoms with E-state index in [0.717, 1.165) is 31.7 Å². The second-order valence-electron chi connectivity index (χ2n) is 5.15. The van der Waals surface area contributed by atoms with Gasteiger partial charge < -0.3 is 10.6 Å². The molecule has 17 heavy (non-hydrogen) atoms. The molecule has 4 heteroatoms. The summed E-state index contributed by atoms with van der Waals surface area (Å²) in [4.78, 5) is 2.16. The molecular formula is C13H16F2N2. The minimum absolute atomic E-state index is 0.238. The number of halogens is 2. The van der Waals surface area contributed by atoms with Crippen molar-refractivity contribution in [3.05, 3.63) is 29.8 Å². The first-order valence-corrected chi connectivity index (χ1v) is 6.13. The number of fused-ring (bicyclic) bond motifs is 2. The highest BCUT2D eigenvalue weighted by Gasteiger charge is 2.39. The average Bonchev–Trinajstić information content (AvgIpc) is 2.50. The van der Waals surface area contributed by atoms with Gasteiger partial charge in [0.15, 0.2) is 0 Å². The molecule has 1 aromatic carbocycles. The Balaban J connectivity index is 1.94. The Morgan fingerprint density at radius 2 is 1.53 bits per heavy atom. The van der Waals surface area contributed by atoms with Crippen molar-refractivity contribution in [2.24, 2.45) is 5.73 Å². The zero-order valence-corrected chi connectivity index (χ0v) is 9.57. The summed E-state index contributed by atoms with van der Waals surface area (Å²) in [5.74, 6) is -1.01. The molecule has 92 valence electrons. The van der Waals surface area contributed by atoms with E-state index in [1.165, 1.54) is 12.1 Å². The average molecular weight is 238 g/mol. The van der Waals surface area contributed by atoms with Gasteiger partial charge in [-0.05, 0) is 37.8 Å². The second-order valence-corrected chi connectivity index (χ2v) is 5.15. The van der Waals surface area contributed by atoms with Crippen molar-refractivity contribution in [3.63, 3.8) is 0 Å². The van der Waals surface area contributed by atoms with Gasteiger partial charge in [0.1, 0.15) is 11.6 Å². The fourth-order valence-electron chi connectivity index (χ4n) is 3.33. The fourth-order valence-corrected chi connectivity index (χ4v) is 3.33. The molecule has 0 radical (unpaired) electrons. The molecule has 2 bridgehead atoms. The molecule has 2 aliphatic rings. The van der Waals surface area contributed by atoms with E-state index in [4.69, 9.17) is 5.73 Å². The van der Waals surface area contributed by atoms with E-state index >= 15 is 0 Å². The molecule has 2 fully saturated rings. The summed E-state index contributed by atoms with van der Waals surface area (Å²) in [5.41, 5.74) is 6.65. The molecule has 0 saturated carbocycles. The van der Waals surface area contributed by atoms with E-state index in [2.05, 4.69) is 4.90 Å². The van der Waals surface area contributed by atoms with Crippen LogP contribution in [0.3, 0.4) is 0 Å². The maximum atomic E-state index is 13.2. The molecular weight excluding hydrogens is 222 g/mol. The number of hydrogen-bond acceptors (Lipinski definition) is 2. The summed E-state index contributed by atoms with van der Waals surface area (Å²) in [5, 5.41) is 0. The summed E-state index contributed by atoms with van der Waals surface area (Å²) in [6.45, 7) is 0. The van der Waals surface area contributed by atoms with Gasteiger partial charge in [0.25, 0.3) is 0 Å². The van der Waals surface area contributed by atoms with E-state index < -0.39 is 11.6 Å². The number of benzene rings is 1. The Morgan fingerprint density at radius 1 is 1.00 bits per heavy atom. The monoisotopic (exact) mass is 238 g/mol. The van der Waals surface area contributed by atoms with Gasteiger partial charge in [-0.25, -0.2) is 8.78 Å². The maximum Gasteiger partial charge on any atom is 0.128 e. The third-order valence-corrected chi connectivity index (χ3v) is 3.92. The molecule has 2 atom stereocenters. The lowest BCUT2D eigenvalue weighted by Crippen LogP contribution is -2.47. The predicted octanol–water partition coefficient (Wildman–Crippen LogP) is 2.42. The first kappa shape index (κ1) is 11.0. The molecule has 3 rings (SSSR count). The Labute approximate surface area is 99.4 Å². The van der Waals surface area contributed by atoms with Crippen LogP contribution in [0, 0.1) is 11.6 Å². The van der Waals surface area contributed by atoms with Gasteiger partial charge in [0.2, 0.25) is 0 Å². The number of anilines is 1. The van der Waals surface area contributed by atoms with Crippen LogP contribution in [0.1, 0.15) is 25.7 Å². The van der Waals surface area contributed by atoms with E-state index in [-0.39, 0.29) is 6.04 Å². The van der Waals surface area contributed by atoms with E-state index in [0.29, 0.717) is 17.8 Å². The minimum Gasteiger partial charge on any atom is -0.365 e. The highest BCUT2D eigenvalue weighted by Crippen LogP contribution is 2.39. The Morgan fingerprint density at radius 3 is 2.06 bits per heavy atom. The Kier molecular flexibility index (Phi) is 2.54. The standard InChI is InChI=1S/C13H16F2N2/c14-8-3-9(15)5-13(4-8)17-11-1-2-12(17)7-10(16)6-11/h3-5,10-12H,1-2,6-7,16H2. The Bertz CT molecular complexity index is 401. The van der Waals surface area contributed by atoms with Gasteiger partial charge in [-0.2, -0.15) is 0 Å². The van der Waals surface area contributed by atoms with Crippen LogP contribution < -0.4 is 10.6 Å². The minimum atomic E-state index is -0.505. The van der Waals surface area contributed by atoms with Gasteiger partial charge in [-0.15, -0.1) is 0 Å². The van der Waals surface area contributed by atoms with Crippen LogP contribution in [0.25, 0.3) is 0 Å². The molecule has 2 N–H and O–H groups in total. The normalized spacial score (nSPS) is 31.9. The van der Waals surface area contributed by atoms with Crippen molar-refractivity contribution in [2.75, 3.05) is 4.90 Å². The largest absolute Gasteiger partial charge is 0.365 e. The zero-order valence-electron chi connectivity index (χ0n) is 9.57. The summed E-state index contributed by atoms with van der Waals surface area (Å²) in [6, 6.07) is 4.70. The molecule has 2 unspecified atom stereocenters. The summed E-state index contributed by atoms with van der Waals surface area (Å²) in [6.07, 6.45) is 4.01.